The predicted molar refractivity (Wildman–Crippen MR) is 85.5 cm³/mol. The maximum absolute atomic E-state index is 2.34. The van der Waals surface area contributed by atoms with E-state index in [9.17, 15) is 0 Å². The fourth-order valence-electron chi connectivity index (χ4n) is 3.06. The zero-order valence-electron chi connectivity index (χ0n) is 12.1. The number of nitrogens with zero attached hydrogens (tertiary/aromatic N) is 1. The van der Waals surface area contributed by atoms with Crippen molar-refractivity contribution in [1.29, 1.82) is 0 Å². The molecule has 1 nitrogen and oxygen atoms in total. The first-order chi connectivity index (χ1) is 10.4. The number of hydrogen-bond acceptors (Lipinski definition) is 0. The third kappa shape index (κ3) is 2.44. The van der Waals surface area contributed by atoms with Gasteiger partial charge in [-0.3, -0.25) is 0 Å². The van der Waals surface area contributed by atoms with Crippen molar-refractivity contribution in [3.8, 4) is 0 Å². The number of rotatable bonds is 2. The van der Waals surface area contributed by atoms with E-state index in [0.717, 1.165) is 0 Å². The molecule has 0 fully saturated rings. The minimum atomic E-state index is 0. The SMILES string of the molecule is C1=C(c2ccccc2)C(c2ccccc2)[n+]2ccccc21.[Cl-]. The molecule has 0 radical (unpaired) electrons. The van der Waals surface area contributed by atoms with Gasteiger partial charge in [0.15, 0.2) is 6.20 Å². The molecule has 0 saturated heterocycles. The van der Waals surface area contributed by atoms with E-state index in [1.54, 1.807) is 0 Å². The van der Waals surface area contributed by atoms with Gasteiger partial charge >= 0.3 is 0 Å². The van der Waals surface area contributed by atoms with Crippen molar-refractivity contribution in [1.82, 2.24) is 0 Å². The Kier molecular flexibility index (Phi) is 4.08. The smallest absolute Gasteiger partial charge is 0.210 e. The fraction of sp³-hybridized carbons (Fsp3) is 0.0500. The summed E-state index contributed by atoms with van der Waals surface area (Å²) in [6.07, 6.45) is 4.46. The van der Waals surface area contributed by atoms with E-state index in [1.807, 2.05) is 0 Å². The van der Waals surface area contributed by atoms with E-state index in [1.165, 1.54) is 22.4 Å². The molecule has 1 aromatic heterocycles. The third-order valence-electron chi connectivity index (χ3n) is 4.02. The van der Waals surface area contributed by atoms with Gasteiger partial charge in [-0.2, -0.15) is 4.57 Å². The van der Waals surface area contributed by atoms with Crippen LogP contribution in [0, 0.1) is 0 Å². The van der Waals surface area contributed by atoms with Crippen molar-refractivity contribution in [2.45, 2.75) is 6.04 Å². The first-order valence-electron chi connectivity index (χ1n) is 7.25. The molecule has 3 aromatic rings. The van der Waals surface area contributed by atoms with E-state index in [2.05, 4.69) is 95.7 Å². The van der Waals surface area contributed by atoms with Crippen molar-refractivity contribution in [2.75, 3.05) is 0 Å². The summed E-state index contributed by atoms with van der Waals surface area (Å²) >= 11 is 0. The molecule has 1 aliphatic heterocycles. The topological polar surface area (TPSA) is 3.88 Å². The first-order valence-corrected chi connectivity index (χ1v) is 7.25. The molecular formula is C20H16ClN. The molecule has 0 bridgehead atoms. The second-order valence-corrected chi connectivity index (χ2v) is 5.31. The van der Waals surface area contributed by atoms with Gasteiger partial charge in [0.05, 0.1) is 0 Å². The summed E-state index contributed by atoms with van der Waals surface area (Å²) in [5.74, 6) is 0. The minimum absolute atomic E-state index is 0. The van der Waals surface area contributed by atoms with E-state index in [0.29, 0.717) is 0 Å². The molecule has 22 heavy (non-hydrogen) atoms. The molecule has 4 rings (SSSR count). The van der Waals surface area contributed by atoms with Crippen LogP contribution in [-0.4, -0.2) is 0 Å². The Morgan fingerprint density at radius 3 is 2.05 bits per heavy atom. The number of aromatic nitrogens is 1. The Balaban J connectivity index is 0.00000144. The summed E-state index contributed by atoms with van der Waals surface area (Å²) in [7, 11) is 0. The molecule has 1 unspecified atom stereocenters. The lowest BCUT2D eigenvalue weighted by atomic mass is 9.94. The molecule has 2 heterocycles. The molecule has 2 aromatic carbocycles. The lowest BCUT2D eigenvalue weighted by Crippen LogP contribution is -3.00. The molecular weight excluding hydrogens is 290 g/mol. The molecule has 2 heteroatoms. The number of allylic oxidation sites excluding steroid dienone is 1. The first kappa shape index (κ1) is 14.6. The number of fused-ring (bicyclic) bond motifs is 1. The van der Waals surface area contributed by atoms with Crippen LogP contribution in [0.4, 0.5) is 0 Å². The van der Waals surface area contributed by atoms with Gasteiger partial charge in [-0.15, -0.1) is 0 Å². The van der Waals surface area contributed by atoms with Crippen LogP contribution in [0.15, 0.2) is 85.1 Å². The molecule has 1 aliphatic rings. The zero-order valence-corrected chi connectivity index (χ0v) is 12.8. The van der Waals surface area contributed by atoms with Gasteiger partial charge < -0.3 is 12.4 Å². The highest BCUT2D eigenvalue weighted by Crippen LogP contribution is 2.35. The summed E-state index contributed by atoms with van der Waals surface area (Å²) in [5, 5.41) is 0. The van der Waals surface area contributed by atoms with Gasteiger partial charge in [0.25, 0.3) is 0 Å². The summed E-state index contributed by atoms with van der Waals surface area (Å²) in [5.41, 5.74) is 5.22. The monoisotopic (exact) mass is 305 g/mol. The molecule has 1 atom stereocenters. The number of hydrogen-bond donors (Lipinski definition) is 0. The molecule has 0 saturated carbocycles. The van der Waals surface area contributed by atoms with E-state index >= 15 is 0 Å². The second-order valence-electron chi connectivity index (χ2n) is 5.31. The highest BCUT2D eigenvalue weighted by molar-refractivity contribution is 5.84. The Labute approximate surface area is 137 Å². The van der Waals surface area contributed by atoms with Gasteiger partial charge in [0.2, 0.25) is 11.7 Å². The average Bonchev–Trinajstić information content (AvgIpc) is 2.96. The number of halogens is 1. The number of pyridine rings is 1. The third-order valence-corrected chi connectivity index (χ3v) is 4.02. The lowest BCUT2D eigenvalue weighted by Gasteiger charge is -2.12. The summed E-state index contributed by atoms with van der Waals surface area (Å²) in [6, 6.07) is 28.0. The van der Waals surface area contributed by atoms with Crippen LogP contribution in [0.1, 0.15) is 22.9 Å². The summed E-state index contributed by atoms with van der Waals surface area (Å²) in [6.45, 7) is 0. The lowest BCUT2D eigenvalue weighted by molar-refractivity contribution is -0.698. The average molecular weight is 306 g/mol. The highest BCUT2D eigenvalue weighted by Gasteiger charge is 2.34. The Hall–Kier alpha value is -2.38. The predicted octanol–water partition coefficient (Wildman–Crippen LogP) is 1.12. The zero-order chi connectivity index (χ0) is 14.1. The largest absolute Gasteiger partial charge is 1.00 e. The van der Waals surface area contributed by atoms with Gasteiger partial charge in [-0.05, 0) is 11.6 Å². The fourth-order valence-corrected chi connectivity index (χ4v) is 3.06. The number of benzene rings is 2. The van der Waals surface area contributed by atoms with Gasteiger partial charge in [0, 0.05) is 29.3 Å². The van der Waals surface area contributed by atoms with Gasteiger partial charge in [0.1, 0.15) is 0 Å². The van der Waals surface area contributed by atoms with Crippen LogP contribution in [-0.2, 0) is 0 Å². The molecule has 0 aliphatic carbocycles. The molecule has 108 valence electrons. The molecule has 0 amide bonds. The van der Waals surface area contributed by atoms with Crippen molar-refractivity contribution in [2.24, 2.45) is 0 Å². The van der Waals surface area contributed by atoms with Crippen molar-refractivity contribution >= 4 is 11.6 Å². The van der Waals surface area contributed by atoms with E-state index < -0.39 is 0 Å². The van der Waals surface area contributed by atoms with Crippen LogP contribution < -0.4 is 17.0 Å². The van der Waals surface area contributed by atoms with Crippen LogP contribution in [0.3, 0.4) is 0 Å². The Morgan fingerprint density at radius 2 is 1.32 bits per heavy atom. The van der Waals surface area contributed by atoms with E-state index in [-0.39, 0.29) is 18.4 Å². The molecule has 0 N–H and O–H groups in total. The van der Waals surface area contributed by atoms with Gasteiger partial charge in [-0.25, -0.2) is 0 Å². The van der Waals surface area contributed by atoms with Crippen LogP contribution in [0.5, 0.6) is 0 Å². The normalized spacial score (nSPS) is 15.6. The Morgan fingerprint density at radius 1 is 0.682 bits per heavy atom. The van der Waals surface area contributed by atoms with Crippen LogP contribution in [0.25, 0.3) is 11.6 Å². The maximum Gasteiger partial charge on any atom is 0.210 e. The highest BCUT2D eigenvalue weighted by atomic mass is 35.5. The van der Waals surface area contributed by atoms with Crippen molar-refractivity contribution < 1.29 is 17.0 Å². The van der Waals surface area contributed by atoms with Crippen LogP contribution >= 0.6 is 0 Å². The van der Waals surface area contributed by atoms with Crippen molar-refractivity contribution in [3.63, 3.8) is 0 Å². The van der Waals surface area contributed by atoms with Crippen molar-refractivity contribution in [3.05, 3.63) is 102 Å². The second kappa shape index (κ2) is 6.17. The summed E-state index contributed by atoms with van der Waals surface area (Å²) < 4.78 is 2.34. The van der Waals surface area contributed by atoms with Crippen LogP contribution in [0.2, 0.25) is 0 Å². The molecule has 0 spiro atoms. The van der Waals surface area contributed by atoms with Gasteiger partial charge in [-0.1, -0.05) is 60.7 Å². The summed E-state index contributed by atoms with van der Waals surface area (Å²) in [4.78, 5) is 0. The quantitative estimate of drug-likeness (QED) is 0.625. The maximum atomic E-state index is 2.34. The standard InChI is InChI=1S/C20H16N.ClH/c1-3-9-16(10-4-1)19-15-18-13-7-8-14-21(18)20(19)17-11-5-2-6-12-17;/h1-15,20H;1H/q+1;/p-1. The van der Waals surface area contributed by atoms with E-state index in [4.69, 9.17) is 0 Å². The minimum Gasteiger partial charge on any atom is -1.00 e. The Bertz CT molecular complexity index is 794.